The maximum Gasteiger partial charge on any atom is 0.333 e. The van der Waals surface area contributed by atoms with E-state index in [0.717, 1.165) is 19.4 Å². The van der Waals surface area contributed by atoms with Gasteiger partial charge in [0.05, 0.1) is 17.1 Å². The molecule has 1 aliphatic heterocycles. The van der Waals surface area contributed by atoms with Crippen LogP contribution in [0.15, 0.2) is 18.2 Å². The quantitative estimate of drug-likeness (QED) is 0.643. The monoisotopic (exact) mass is 294 g/mol. The van der Waals surface area contributed by atoms with Gasteiger partial charge in [-0.3, -0.25) is 10.1 Å². The van der Waals surface area contributed by atoms with Gasteiger partial charge in [0.2, 0.25) is 0 Å². The number of hydrogen-bond donors (Lipinski definition) is 1. The average Bonchev–Trinajstić information content (AvgIpc) is 2.91. The summed E-state index contributed by atoms with van der Waals surface area (Å²) in [7, 11) is 0. The molecular weight excluding hydrogens is 272 g/mol. The maximum absolute atomic E-state index is 11.4. The summed E-state index contributed by atoms with van der Waals surface area (Å²) in [5, 5.41) is 14.6. The molecule has 0 aliphatic carbocycles. The molecule has 2 rings (SSSR count). The molecule has 1 fully saturated rings. The molecular formula is C15H22N2O4. The van der Waals surface area contributed by atoms with Gasteiger partial charge >= 0.3 is 5.69 Å². The molecule has 116 valence electrons. The first-order chi connectivity index (χ1) is 9.99. The second-order valence-electron chi connectivity index (χ2n) is 5.56. The molecule has 1 saturated heterocycles. The second kappa shape index (κ2) is 6.76. The van der Waals surface area contributed by atoms with Crippen molar-refractivity contribution in [3.8, 4) is 5.75 Å². The maximum atomic E-state index is 11.4. The molecule has 1 N–H and O–H groups in total. The van der Waals surface area contributed by atoms with Gasteiger partial charge < -0.3 is 14.8 Å². The minimum atomic E-state index is -0.401. The van der Waals surface area contributed by atoms with Gasteiger partial charge in [-0.15, -0.1) is 0 Å². The number of hydrogen-bond acceptors (Lipinski definition) is 5. The van der Waals surface area contributed by atoms with Crippen molar-refractivity contribution in [2.75, 3.05) is 11.9 Å². The van der Waals surface area contributed by atoms with Crippen molar-refractivity contribution in [3.63, 3.8) is 0 Å². The summed E-state index contributed by atoms with van der Waals surface area (Å²) in [4.78, 5) is 11.0. The lowest BCUT2D eigenvalue weighted by Gasteiger charge is -2.21. The van der Waals surface area contributed by atoms with E-state index in [0.29, 0.717) is 11.4 Å². The van der Waals surface area contributed by atoms with Crippen LogP contribution in [0.5, 0.6) is 5.75 Å². The number of benzene rings is 1. The van der Waals surface area contributed by atoms with E-state index in [1.165, 1.54) is 0 Å². The van der Waals surface area contributed by atoms with Crippen LogP contribution in [0.2, 0.25) is 0 Å². The van der Waals surface area contributed by atoms with Crippen molar-refractivity contribution in [1.82, 2.24) is 0 Å². The van der Waals surface area contributed by atoms with Gasteiger partial charge in [-0.05, 0) is 45.7 Å². The predicted molar refractivity (Wildman–Crippen MR) is 80.9 cm³/mol. The predicted octanol–water partition coefficient (Wildman–Crippen LogP) is 3.36. The second-order valence-corrected chi connectivity index (χ2v) is 5.56. The zero-order valence-corrected chi connectivity index (χ0v) is 12.7. The Balaban J connectivity index is 2.23. The van der Waals surface area contributed by atoms with Crippen LogP contribution >= 0.6 is 0 Å². The van der Waals surface area contributed by atoms with E-state index in [4.69, 9.17) is 9.47 Å². The third-order valence-electron chi connectivity index (χ3n) is 3.45. The molecule has 1 aliphatic rings. The Labute approximate surface area is 124 Å². The van der Waals surface area contributed by atoms with E-state index in [2.05, 4.69) is 5.32 Å². The molecule has 21 heavy (non-hydrogen) atoms. The van der Waals surface area contributed by atoms with E-state index in [1.54, 1.807) is 18.2 Å². The van der Waals surface area contributed by atoms with E-state index in [-0.39, 0.29) is 23.9 Å². The molecule has 0 aromatic heterocycles. The highest BCUT2D eigenvalue weighted by Crippen LogP contribution is 2.36. The van der Waals surface area contributed by atoms with Gasteiger partial charge in [0.1, 0.15) is 5.69 Å². The Bertz CT molecular complexity index is 498. The largest absolute Gasteiger partial charge is 0.484 e. The van der Waals surface area contributed by atoms with Crippen LogP contribution < -0.4 is 10.1 Å². The Morgan fingerprint density at radius 3 is 2.76 bits per heavy atom. The first-order valence-corrected chi connectivity index (χ1v) is 7.31. The minimum absolute atomic E-state index is 0.0144. The first-order valence-electron chi connectivity index (χ1n) is 7.31. The van der Waals surface area contributed by atoms with Crippen molar-refractivity contribution in [2.24, 2.45) is 0 Å². The summed E-state index contributed by atoms with van der Waals surface area (Å²) in [5.41, 5.74) is 0.456. The van der Waals surface area contributed by atoms with Crippen molar-refractivity contribution in [3.05, 3.63) is 28.3 Å². The lowest BCUT2D eigenvalue weighted by molar-refractivity contribution is -0.385. The number of nitrogens with zero attached hydrogens (tertiary/aromatic N) is 1. The van der Waals surface area contributed by atoms with Gasteiger partial charge in [-0.2, -0.15) is 0 Å². The molecule has 6 heteroatoms. The number of anilines is 1. The van der Waals surface area contributed by atoms with Crippen LogP contribution in [0.1, 0.15) is 33.6 Å². The molecule has 0 radical (unpaired) electrons. The number of nitrogens with one attached hydrogen (secondary N) is 1. The Kier molecular flexibility index (Phi) is 5.01. The van der Waals surface area contributed by atoms with E-state index < -0.39 is 4.92 Å². The first kappa shape index (κ1) is 15.6. The standard InChI is InChI=1S/C15H22N2O4/c1-10(2)21-14-7-4-6-12(15(14)17(18)19)16-11(3)13-8-5-9-20-13/h4,6-7,10-11,13,16H,5,8-9H2,1-3H3. The molecule has 6 nitrogen and oxygen atoms in total. The lowest BCUT2D eigenvalue weighted by Crippen LogP contribution is -2.30. The van der Waals surface area contributed by atoms with E-state index in [9.17, 15) is 10.1 Å². The highest BCUT2D eigenvalue weighted by atomic mass is 16.6. The third kappa shape index (κ3) is 3.85. The summed E-state index contributed by atoms with van der Waals surface area (Å²) < 4.78 is 11.2. The smallest absolute Gasteiger partial charge is 0.333 e. The van der Waals surface area contributed by atoms with Gasteiger partial charge in [0.15, 0.2) is 5.75 Å². The fourth-order valence-corrected chi connectivity index (χ4v) is 2.51. The normalized spacial score (nSPS) is 19.5. The number of ether oxygens (including phenoxy) is 2. The molecule has 1 heterocycles. The van der Waals surface area contributed by atoms with Gasteiger partial charge in [-0.1, -0.05) is 6.07 Å². The summed E-state index contributed by atoms with van der Waals surface area (Å²) in [6, 6.07) is 5.10. The van der Waals surface area contributed by atoms with Crippen LogP contribution in [0.4, 0.5) is 11.4 Å². The average molecular weight is 294 g/mol. The zero-order chi connectivity index (χ0) is 15.4. The molecule has 0 spiro atoms. The Morgan fingerprint density at radius 2 is 2.19 bits per heavy atom. The fourth-order valence-electron chi connectivity index (χ4n) is 2.51. The van der Waals surface area contributed by atoms with Gasteiger partial charge in [-0.25, -0.2) is 0 Å². The van der Waals surface area contributed by atoms with Crippen LogP contribution in [-0.4, -0.2) is 29.8 Å². The number of para-hydroxylation sites is 1. The third-order valence-corrected chi connectivity index (χ3v) is 3.45. The Morgan fingerprint density at radius 1 is 1.43 bits per heavy atom. The molecule has 0 bridgehead atoms. The van der Waals surface area contributed by atoms with E-state index in [1.807, 2.05) is 20.8 Å². The SMILES string of the molecule is CC(C)Oc1cccc(NC(C)C2CCCO2)c1[N+](=O)[O-]. The highest BCUT2D eigenvalue weighted by Gasteiger charge is 2.27. The van der Waals surface area contributed by atoms with Crippen molar-refractivity contribution < 1.29 is 14.4 Å². The molecule has 2 atom stereocenters. The summed E-state index contributed by atoms with van der Waals surface area (Å²) in [6.45, 7) is 6.43. The zero-order valence-electron chi connectivity index (χ0n) is 12.7. The van der Waals surface area contributed by atoms with Crippen molar-refractivity contribution in [2.45, 2.75) is 51.9 Å². The highest BCUT2D eigenvalue weighted by molar-refractivity contribution is 5.68. The van der Waals surface area contributed by atoms with Crippen LogP contribution in [-0.2, 0) is 4.74 Å². The lowest BCUT2D eigenvalue weighted by atomic mass is 10.1. The number of rotatable bonds is 6. The molecule has 0 amide bonds. The summed E-state index contributed by atoms with van der Waals surface area (Å²) in [6.07, 6.45) is 1.99. The van der Waals surface area contributed by atoms with Gasteiger partial charge in [0, 0.05) is 12.6 Å². The van der Waals surface area contributed by atoms with Crippen LogP contribution in [0, 0.1) is 10.1 Å². The minimum Gasteiger partial charge on any atom is -0.484 e. The van der Waals surface area contributed by atoms with E-state index >= 15 is 0 Å². The van der Waals surface area contributed by atoms with Crippen LogP contribution in [0.3, 0.4) is 0 Å². The molecule has 1 aromatic carbocycles. The van der Waals surface area contributed by atoms with Gasteiger partial charge in [0.25, 0.3) is 0 Å². The Hall–Kier alpha value is -1.82. The summed E-state index contributed by atoms with van der Waals surface area (Å²) in [5.74, 6) is 0.291. The van der Waals surface area contributed by atoms with Crippen LogP contribution in [0.25, 0.3) is 0 Å². The topological polar surface area (TPSA) is 73.6 Å². The fraction of sp³-hybridized carbons (Fsp3) is 0.600. The molecule has 0 saturated carbocycles. The number of nitro benzene ring substituents is 1. The molecule has 1 aromatic rings. The molecule has 2 unspecified atom stereocenters. The number of nitro groups is 1. The summed E-state index contributed by atoms with van der Waals surface area (Å²) >= 11 is 0. The van der Waals surface area contributed by atoms with Crippen molar-refractivity contribution >= 4 is 11.4 Å². The van der Waals surface area contributed by atoms with Crippen molar-refractivity contribution in [1.29, 1.82) is 0 Å².